The molecule has 2 rings (SSSR count). The highest BCUT2D eigenvalue weighted by molar-refractivity contribution is 9.10. The Morgan fingerprint density at radius 3 is 2.91 bits per heavy atom. The molecule has 0 spiro atoms. The van der Waals surface area contributed by atoms with Gasteiger partial charge < -0.3 is 10.1 Å². The summed E-state index contributed by atoms with van der Waals surface area (Å²) in [5.74, 6) is 0. The van der Waals surface area contributed by atoms with Gasteiger partial charge in [0.25, 0.3) is 0 Å². The Bertz CT molecular complexity index is 499. The highest BCUT2D eigenvalue weighted by atomic mass is 79.9. The molecule has 1 aliphatic rings. The molecule has 2 heterocycles. The Hall–Kier alpha value is -1.14. The van der Waals surface area contributed by atoms with Crippen LogP contribution in [-0.2, 0) is 11.3 Å². The lowest BCUT2D eigenvalue weighted by Gasteiger charge is -2.33. The number of aromatic nitrogens is 1. The number of hydrogen-bond acceptors (Lipinski definition) is 4. The number of ether oxygens (including phenoxy) is 1. The third-order valence-electron chi connectivity index (χ3n) is 3.42. The van der Waals surface area contributed by atoms with Gasteiger partial charge in [-0.05, 0) is 67.7 Å². The smallest absolute Gasteiger partial charge is 0.407 e. The molecular weight excluding hydrogens is 346 g/mol. The van der Waals surface area contributed by atoms with Crippen LogP contribution in [-0.4, -0.2) is 40.7 Å². The maximum Gasteiger partial charge on any atom is 0.407 e. The molecule has 1 fully saturated rings. The van der Waals surface area contributed by atoms with Gasteiger partial charge >= 0.3 is 6.09 Å². The predicted molar refractivity (Wildman–Crippen MR) is 89.6 cm³/mol. The summed E-state index contributed by atoms with van der Waals surface area (Å²) >= 11 is 3.35. The number of pyridine rings is 1. The Morgan fingerprint density at radius 2 is 2.27 bits per heavy atom. The van der Waals surface area contributed by atoms with E-state index in [1.807, 2.05) is 33.0 Å². The third-order valence-corrected chi connectivity index (χ3v) is 3.89. The van der Waals surface area contributed by atoms with Crippen LogP contribution in [0.3, 0.4) is 0 Å². The van der Waals surface area contributed by atoms with Crippen LogP contribution in [0, 0.1) is 0 Å². The van der Waals surface area contributed by atoms with Crippen LogP contribution >= 0.6 is 15.9 Å². The van der Waals surface area contributed by atoms with E-state index in [2.05, 4.69) is 37.2 Å². The molecule has 1 aromatic heterocycles. The predicted octanol–water partition coefficient (Wildman–Crippen LogP) is 3.33. The third kappa shape index (κ3) is 5.93. The molecule has 6 heteroatoms. The fraction of sp³-hybridized carbons (Fsp3) is 0.625. The lowest BCUT2D eigenvalue weighted by molar-refractivity contribution is 0.0470. The van der Waals surface area contributed by atoms with Crippen LogP contribution < -0.4 is 5.32 Å². The molecule has 0 radical (unpaired) electrons. The van der Waals surface area contributed by atoms with Crippen molar-refractivity contribution in [3.8, 4) is 0 Å². The van der Waals surface area contributed by atoms with Crippen molar-refractivity contribution in [2.45, 2.75) is 51.8 Å². The first kappa shape index (κ1) is 17.2. The Balaban J connectivity index is 1.83. The lowest BCUT2D eigenvalue weighted by Crippen LogP contribution is -2.48. The van der Waals surface area contributed by atoms with Crippen molar-refractivity contribution in [1.82, 2.24) is 15.2 Å². The van der Waals surface area contributed by atoms with Crippen molar-refractivity contribution in [3.63, 3.8) is 0 Å². The summed E-state index contributed by atoms with van der Waals surface area (Å²) in [6, 6.07) is 4.17. The highest BCUT2D eigenvalue weighted by Crippen LogP contribution is 2.15. The van der Waals surface area contributed by atoms with Gasteiger partial charge in [0.1, 0.15) is 10.2 Å². The quantitative estimate of drug-likeness (QED) is 0.830. The highest BCUT2D eigenvalue weighted by Gasteiger charge is 2.24. The molecule has 1 aliphatic heterocycles. The molecule has 22 heavy (non-hydrogen) atoms. The van der Waals surface area contributed by atoms with Crippen LogP contribution in [0.1, 0.15) is 39.2 Å². The topological polar surface area (TPSA) is 54.5 Å². The summed E-state index contributed by atoms with van der Waals surface area (Å²) in [6.07, 6.45) is 3.62. The fourth-order valence-electron chi connectivity index (χ4n) is 2.55. The van der Waals surface area contributed by atoms with Crippen molar-refractivity contribution < 1.29 is 9.53 Å². The number of carbonyl (C=O) groups excluding carboxylic acids is 1. The zero-order chi connectivity index (χ0) is 16.2. The fourth-order valence-corrected chi connectivity index (χ4v) is 2.78. The Morgan fingerprint density at radius 1 is 1.50 bits per heavy atom. The standard InChI is InChI=1S/C16H24BrN3O2/c1-16(2,3)22-15(21)19-13-5-4-8-20(11-13)10-12-6-7-14(17)18-9-12/h6-7,9,13H,4-5,8,10-11H2,1-3H3,(H,19,21)/t13-/m1/s1. The molecule has 0 aliphatic carbocycles. The van der Waals surface area contributed by atoms with Crippen molar-refractivity contribution in [2.75, 3.05) is 13.1 Å². The van der Waals surface area contributed by atoms with E-state index in [0.717, 1.165) is 37.1 Å². The average Bonchev–Trinajstić information content (AvgIpc) is 2.39. The van der Waals surface area contributed by atoms with E-state index in [1.165, 1.54) is 5.56 Å². The first-order chi connectivity index (χ1) is 10.3. The van der Waals surface area contributed by atoms with Crippen LogP contribution in [0.2, 0.25) is 0 Å². The van der Waals surface area contributed by atoms with E-state index in [0.29, 0.717) is 0 Å². The van der Waals surface area contributed by atoms with Crippen molar-refractivity contribution in [1.29, 1.82) is 0 Å². The van der Waals surface area contributed by atoms with Gasteiger partial charge in [-0.25, -0.2) is 9.78 Å². The number of nitrogens with one attached hydrogen (secondary N) is 1. The second-order valence-electron chi connectivity index (χ2n) is 6.71. The van der Waals surface area contributed by atoms with Crippen molar-refractivity contribution in [3.05, 3.63) is 28.5 Å². The minimum Gasteiger partial charge on any atom is -0.444 e. The average molecular weight is 370 g/mol. The summed E-state index contributed by atoms with van der Waals surface area (Å²) in [7, 11) is 0. The lowest BCUT2D eigenvalue weighted by atomic mass is 10.1. The summed E-state index contributed by atoms with van der Waals surface area (Å²) in [6.45, 7) is 8.37. The monoisotopic (exact) mass is 369 g/mol. The van der Waals surface area contributed by atoms with Gasteiger partial charge in [0, 0.05) is 25.3 Å². The Kier molecular flexibility index (Phi) is 5.81. The zero-order valence-corrected chi connectivity index (χ0v) is 15.0. The van der Waals surface area contributed by atoms with Gasteiger partial charge in [0.2, 0.25) is 0 Å². The van der Waals surface area contributed by atoms with E-state index in [1.54, 1.807) is 0 Å². The minimum absolute atomic E-state index is 0.145. The second-order valence-corrected chi connectivity index (χ2v) is 7.52. The number of carbonyl (C=O) groups is 1. The van der Waals surface area contributed by atoms with E-state index in [-0.39, 0.29) is 12.1 Å². The molecule has 0 bridgehead atoms. The molecule has 1 aromatic rings. The van der Waals surface area contributed by atoms with E-state index in [9.17, 15) is 4.79 Å². The van der Waals surface area contributed by atoms with Gasteiger partial charge in [-0.2, -0.15) is 0 Å². The van der Waals surface area contributed by atoms with Gasteiger partial charge in [-0.3, -0.25) is 4.90 Å². The van der Waals surface area contributed by atoms with Crippen LogP contribution in [0.15, 0.2) is 22.9 Å². The normalized spacial score (nSPS) is 19.7. The number of alkyl carbamates (subject to hydrolysis) is 1. The number of piperidine rings is 1. The number of nitrogens with zero attached hydrogens (tertiary/aromatic N) is 2. The van der Waals surface area contributed by atoms with Gasteiger partial charge in [0.05, 0.1) is 0 Å². The van der Waals surface area contributed by atoms with Gasteiger partial charge in [-0.15, -0.1) is 0 Å². The number of hydrogen-bond donors (Lipinski definition) is 1. The summed E-state index contributed by atoms with van der Waals surface area (Å²) in [5.41, 5.74) is 0.725. The largest absolute Gasteiger partial charge is 0.444 e. The molecule has 0 unspecified atom stereocenters. The number of rotatable bonds is 3. The van der Waals surface area contributed by atoms with Crippen molar-refractivity contribution >= 4 is 22.0 Å². The molecule has 0 saturated carbocycles. The SMILES string of the molecule is CC(C)(C)OC(=O)N[C@@H]1CCCN(Cc2ccc(Br)nc2)C1. The molecule has 122 valence electrons. The van der Waals surface area contributed by atoms with E-state index < -0.39 is 5.60 Å². The number of likely N-dealkylation sites (tertiary alicyclic amines) is 1. The van der Waals surface area contributed by atoms with Crippen LogP contribution in [0.25, 0.3) is 0 Å². The second kappa shape index (κ2) is 7.42. The zero-order valence-electron chi connectivity index (χ0n) is 13.4. The van der Waals surface area contributed by atoms with Gasteiger partial charge in [-0.1, -0.05) is 6.07 Å². The first-order valence-corrected chi connectivity index (χ1v) is 8.43. The molecule has 5 nitrogen and oxygen atoms in total. The molecule has 0 aromatic carbocycles. The molecule has 1 amide bonds. The van der Waals surface area contributed by atoms with E-state index in [4.69, 9.17) is 4.74 Å². The summed E-state index contributed by atoms with van der Waals surface area (Å²) < 4.78 is 6.17. The molecule has 1 atom stereocenters. The molecular formula is C16H24BrN3O2. The Labute approximate surface area is 140 Å². The van der Waals surface area contributed by atoms with Gasteiger partial charge in [0.15, 0.2) is 0 Å². The summed E-state index contributed by atoms with van der Waals surface area (Å²) in [4.78, 5) is 18.5. The first-order valence-electron chi connectivity index (χ1n) is 7.64. The number of amides is 1. The maximum atomic E-state index is 11.9. The molecule has 1 N–H and O–H groups in total. The number of halogens is 1. The maximum absolute atomic E-state index is 11.9. The van der Waals surface area contributed by atoms with Crippen molar-refractivity contribution in [2.24, 2.45) is 0 Å². The van der Waals surface area contributed by atoms with Crippen LogP contribution in [0.4, 0.5) is 4.79 Å². The minimum atomic E-state index is -0.457. The van der Waals surface area contributed by atoms with Crippen LogP contribution in [0.5, 0.6) is 0 Å². The molecule has 1 saturated heterocycles. The summed E-state index contributed by atoms with van der Waals surface area (Å²) in [5, 5.41) is 2.97. The van der Waals surface area contributed by atoms with E-state index >= 15 is 0 Å².